The Morgan fingerprint density at radius 2 is 1.64 bits per heavy atom. The van der Waals surface area contributed by atoms with Crippen LogP contribution in [-0.2, 0) is 4.79 Å². The highest BCUT2D eigenvalue weighted by atomic mass is 16.5. The summed E-state index contributed by atoms with van der Waals surface area (Å²) in [5, 5.41) is 3.36. The van der Waals surface area contributed by atoms with Crippen LogP contribution < -0.4 is 14.8 Å². The first-order valence-corrected chi connectivity index (χ1v) is 9.31. The van der Waals surface area contributed by atoms with E-state index >= 15 is 0 Å². The zero-order valence-corrected chi connectivity index (χ0v) is 15.1. The van der Waals surface area contributed by atoms with Gasteiger partial charge in [0.15, 0.2) is 11.5 Å². The summed E-state index contributed by atoms with van der Waals surface area (Å²) in [5.74, 6) is 3.89. The summed E-state index contributed by atoms with van der Waals surface area (Å²) >= 11 is 0. The van der Waals surface area contributed by atoms with Crippen LogP contribution >= 0.6 is 0 Å². The maximum atomic E-state index is 12.5. The zero-order chi connectivity index (χ0) is 17.4. The third kappa shape index (κ3) is 3.26. The quantitative estimate of drug-likeness (QED) is 0.829. The predicted octanol–water partition coefficient (Wildman–Crippen LogP) is 3.80. The number of methoxy groups -OCH3 is 2. The van der Waals surface area contributed by atoms with Gasteiger partial charge in [0.05, 0.1) is 14.2 Å². The van der Waals surface area contributed by atoms with Gasteiger partial charge in [0.2, 0.25) is 5.91 Å². The van der Waals surface area contributed by atoms with Gasteiger partial charge in [0, 0.05) is 11.6 Å². The molecular weight excluding hydrogens is 314 g/mol. The predicted molar refractivity (Wildman–Crippen MR) is 97.6 cm³/mol. The van der Waals surface area contributed by atoms with Gasteiger partial charge in [-0.1, -0.05) is 6.07 Å². The fraction of sp³-hybridized carbons (Fsp3) is 0.571. The monoisotopic (exact) mass is 341 g/mol. The van der Waals surface area contributed by atoms with Crippen LogP contribution in [0.15, 0.2) is 24.3 Å². The fourth-order valence-corrected chi connectivity index (χ4v) is 5.70. The summed E-state index contributed by atoms with van der Waals surface area (Å²) in [6.45, 7) is 0. The van der Waals surface area contributed by atoms with E-state index in [4.69, 9.17) is 9.47 Å². The lowest BCUT2D eigenvalue weighted by molar-refractivity contribution is -0.122. The molecule has 4 aliphatic rings. The number of ether oxygens (including phenoxy) is 2. The van der Waals surface area contributed by atoms with Crippen LogP contribution in [0.4, 0.5) is 0 Å². The van der Waals surface area contributed by atoms with Gasteiger partial charge in [-0.25, -0.2) is 0 Å². The highest BCUT2D eigenvalue weighted by Gasteiger charge is 2.51. The minimum atomic E-state index is 0.0248. The zero-order valence-electron chi connectivity index (χ0n) is 15.1. The van der Waals surface area contributed by atoms with Crippen molar-refractivity contribution >= 4 is 12.0 Å². The molecule has 4 saturated carbocycles. The van der Waals surface area contributed by atoms with Crippen LogP contribution in [0.1, 0.15) is 44.1 Å². The second-order valence-electron chi connectivity index (χ2n) is 8.13. The van der Waals surface area contributed by atoms with Crippen molar-refractivity contribution in [3.05, 3.63) is 29.8 Å². The second kappa shape index (κ2) is 6.40. The van der Waals surface area contributed by atoms with Gasteiger partial charge in [-0.05, 0) is 80.1 Å². The van der Waals surface area contributed by atoms with Crippen molar-refractivity contribution < 1.29 is 14.3 Å². The maximum absolute atomic E-state index is 12.5. The summed E-state index contributed by atoms with van der Waals surface area (Å²) in [6, 6.07) is 5.67. The molecule has 0 saturated heterocycles. The molecule has 1 aromatic carbocycles. The second-order valence-corrected chi connectivity index (χ2v) is 8.13. The number of carbonyl (C=O) groups excluding carboxylic acids is 1. The number of hydrogen-bond acceptors (Lipinski definition) is 3. The fourth-order valence-electron chi connectivity index (χ4n) is 5.70. The lowest BCUT2D eigenvalue weighted by atomic mass is 9.53. The first-order chi connectivity index (χ1) is 12.1. The molecule has 4 heteroatoms. The van der Waals surface area contributed by atoms with Gasteiger partial charge in [-0.3, -0.25) is 4.79 Å². The van der Waals surface area contributed by atoms with Gasteiger partial charge in [0.1, 0.15) is 0 Å². The molecule has 0 aromatic heterocycles. The van der Waals surface area contributed by atoms with E-state index in [9.17, 15) is 4.79 Å². The van der Waals surface area contributed by atoms with Gasteiger partial charge in [-0.2, -0.15) is 0 Å². The van der Waals surface area contributed by atoms with E-state index < -0.39 is 0 Å². The third-order valence-corrected chi connectivity index (χ3v) is 6.26. The van der Waals surface area contributed by atoms with E-state index in [-0.39, 0.29) is 11.4 Å². The lowest BCUT2D eigenvalue weighted by Crippen LogP contribution is -2.59. The van der Waals surface area contributed by atoms with Crippen molar-refractivity contribution in [3.63, 3.8) is 0 Å². The molecule has 5 rings (SSSR count). The smallest absolute Gasteiger partial charge is 0.244 e. The number of rotatable bonds is 5. The van der Waals surface area contributed by atoms with Crippen LogP contribution in [0.2, 0.25) is 0 Å². The van der Waals surface area contributed by atoms with Crippen LogP contribution in [0.3, 0.4) is 0 Å². The minimum absolute atomic E-state index is 0.0248. The highest BCUT2D eigenvalue weighted by Crippen LogP contribution is 2.55. The molecule has 0 unspecified atom stereocenters. The summed E-state index contributed by atoms with van der Waals surface area (Å²) in [7, 11) is 3.23. The van der Waals surface area contributed by atoms with E-state index in [1.165, 1.54) is 38.5 Å². The van der Waals surface area contributed by atoms with Gasteiger partial charge in [0.25, 0.3) is 0 Å². The first-order valence-electron chi connectivity index (χ1n) is 9.31. The normalized spacial score (nSPS) is 32.8. The summed E-state index contributed by atoms with van der Waals surface area (Å²) in [4.78, 5) is 12.5. The van der Waals surface area contributed by atoms with Crippen LogP contribution in [0.25, 0.3) is 6.08 Å². The topological polar surface area (TPSA) is 47.6 Å². The van der Waals surface area contributed by atoms with Crippen LogP contribution in [0.5, 0.6) is 11.5 Å². The Kier molecular flexibility index (Phi) is 4.22. The first kappa shape index (κ1) is 16.5. The summed E-state index contributed by atoms with van der Waals surface area (Å²) < 4.78 is 10.6. The van der Waals surface area contributed by atoms with Crippen molar-refractivity contribution in [3.8, 4) is 11.5 Å². The molecule has 1 amide bonds. The Hall–Kier alpha value is -1.97. The third-order valence-electron chi connectivity index (χ3n) is 6.26. The largest absolute Gasteiger partial charge is 0.493 e. The molecule has 0 spiro atoms. The highest BCUT2D eigenvalue weighted by molar-refractivity contribution is 5.92. The van der Waals surface area contributed by atoms with E-state index in [1.54, 1.807) is 20.3 Å². The van der Waals surface area contributed by atoms with E-state index in [0.717, 1.165) is 23.3 Å². The number of nitrogens with one attached hydrogen (secondary N) is 1. The maximum Gasteiger partial charge on any atom is 0.244 e. The molecule has 4 nitrogen and oxygen atoms in total. The molecular formula is C21H27NO3. The molecule has 1 aromatic rings. The molecule has 4 aliphatic carbocycles. The average Bonchev–Trinajstić information content (AvgIpc) is 2.58. The SMILES string of the molecule is COc1ccc(/C=C\C(=O)NC23CC4CC(CC(C4)C2)C3)cc1OC. The Bertz CT molecular complexity index is 659. The van der Waals surface area contributed by atoms with E-state index in [0.29, 0.717) is 11.5 Å². The average molecular weight is 341 g/mol. The van der Waals surface area contributed by atoms with Crippen molar-refractivity contribution in [1.82, 2.24) is 5.32 Å². The Morgan fingerprint density at radius 3 is 2.20 bits per heavy atom. The molecule has 25 heavy (non-hydrogen) atoms. The van der Waals surface area contributed by atoms with Crippen molar-refractivity contribution in [2.75, 3.05) is 14.2 Å². The number of amides is 1. The number of benzene rings is 1. The van der Waals surface area contributed by atoms with E-state index in [1.807, 2.05) is 24.3 Å². The lowest BCUT2D eigenvalue weighted by Gasteiger charge is -2.56. The van der Waals surface area contributed by atoms with Gasteiger partial charge >= 0.3 is 0 Å². The summed E-state index contributed by atoms with van der Waals surface area (Å²) in [5.41, 5.74) is 0.992. The van der Waals surface area contributed by atoms with Crippen molar-refractivity contribution in [2.24, 2.45) is 17.8 Å². The van der Waals surface area contributed by atoms with Crippen molar-refractivity contribution in [2.45, 2.75) is 44.1 Å². The van der Waals surface area contributed by atoms with Gasteiger partial charge < -0.3 is 14.8 Å². The number of carbonyl (C=O) groups is 1. The molecule has 0 atom stereocenters. The molecule has 4 bridgehead atoms. The number of hydrogen-bond donors (Lipinski definition) is 1. The van der Waals surface area contributed by atoms with Crippen LogP contribution in [0, 0.1) is 17.8 Å². The van der Waals surface area contributed by atoms with Crippen molar-refractivity contribution in [1.29, 1.82) is 0 Å². The molecule has 0 heterocycles. The Morgan fingerprint density at radius 1 is 1.04 bits per heavy atom. The minimum Gasteiger partial charge on any atom is -0.493 e. The van der Waals surface area contributed by atoms with E-state index in [2.05, 4.69) is 5.32 Å². The molecule has 134 valence electrons. The molecule has 4 fully saturated rings. The Labute approximate surface area is 149 Å². The molecule has 0 radical (unpaired) electrons. The van der Waals surface area contributed by atoms with Crippen LogP contribution in [-0.4, -0.2) is 25.7 Å². The molecule has 0 aliphatic heterocycles. The van der Waals surface area contributed by atoms with Gasteiger partial charge in [-0.15, -0.1) is 0 Å². The Balaban J connectivity index is 1.43. The summed E-state index contributed by atoms with van der Waals surface area (Å²) in [6.07, 6.45) is 11.2. The standard InChI is InChI=1S/C21H27NO3/c1-24-18-5-3-14(10-19(18)25-2)4-6-20(23)22-21-11-15-7-16(12-21)9-17(8-15)13-21/h3-6,10,15-17H,7-9,11-13H2,1-2H3,(H,22,23)/b6-4-. The molecule has 1 N–H and O–H groups in total.